The van der Waals surface area contributed by atoms with Crippen molar-refractivity contribution in [1.82, 2.24) is 4.98 Å². The summed E-state index contributed by atoms with van der Waals surface area (Å²) in [5, 5.41) is 4.52. The first-order valence-electron chi connectivity index (χ1n) is 6.87. The number of carbonyl (C=O) groups excluding carboxylic acids is 1. The van der Waals surface area contributed by atoms with Crippen molar-refractivity contribution in [1.29, 1.82) is 0 Å². The van der Waals surface area contributed by atoms with Gasteiger partial charge in [-0.2, -0.15) is 0 Å². The number of primary amides is 1. The molecule has 0 aliphatic heterocycles. The van der Waals surface area contributed by atoms with Crippen molar-refractivity contribution in [2.24, 2.45) is 5.73 Å². The topological polar surface area (TPSA) is 68.0 Å². The third-order valence-corrected chi connectivity index (χ3v) is 4.58. The van der Waals surface area contributed by atoms with Crippen LogP contribution in [0.1, 0.15) is 46.6 Å². The van der Waals surface area contributed by atoms with Crippen LogP contribution in [0.4, 0.5) is 5.69 Å². The first-order valence-corrected chi connectivity index (χ1v) is 7.68. The summed E-state index contributed by atoms with van der Waals surface area (Å²) in [6.45, 7) is 9.17. The number of aromatic nitrogens is 1. The van der Waals surface area contributed by atoms with E-state index in [1.165, 1.54) is 4.88 Å². The zero-order valence-corrected chi connectivity index (χ0v) is 13.7. The van der Waals surface area contributed by atoms with Crippen molar-refractivity contribution in [3.63, 3.8) is 0 Å². The Morgan fingerprint density at radius 2 is 2.10 bits per heavy atom. The van der Waals surface area contributed by atoms with Gasteiger partial charge in [-0.25, -0.2) is 4.98 Å². The quantitative estimate of drug-likeness (QED) is 0.909. The van der Waals surface area contributed by atoms with E-state index in [1.807, 2.05) is 19.2 Å². The number of aryl methyl sites for hydroxylation is 1. The van der Waals surface area contributed by atoms with Gasteiger partial charge in [0.25, 0.3) is 0 Å². The SMILES string of the molecule is Cc1cc(C(N)=O)ccc1NCc1cnc(C(C)(C)C)s1. The predicted octanol–water partition coefficient (Wildman–Crippen LogP) is 3.46. The zero-order chi connectivity index (χ0) is 15.6. The van der Waals surface area contributed by atoms with Gasteiger partial charge < -0.3 is 11.1 Å². The average molecular weight is 303 g/mol. The van der Waals surface area contributed by atoms with Gasteiger partial charge in [0.05, 0.1) is 11.6 Å². The number of carbonyl (C=O) groups is 1. The maximum Gasteiger partial charge on any atom is 0.248 e. The van der Waals surface area contributed by atoms with Gasteiger partial charge in [0, 0.05) is 27.7 Å². The lowest BCUT2D eigenvalue weighted by Crippen LogP contribution is -2.11. The lowest BCUT2D eigenvalue weighted by molar-refractivity contribution is 0.1000. The smallest absolute Gasteiger partial charge is 0.248 e. The highest BCUT2D eigenvalue weighted by atomic mass is 32.1. The molecule has 0 saturated carbocycles. The molecule has 3 N–H and O–H groups in total. The fourth-order valence-corrected chi connectivity index (χ4v) is 2.84. The molecule has 1 heterocycles. The maximum absolute atomic E-state index is 11.1. The number of hydrogen-bond acceptors (Lipinski definition) is 4. The van der Waals surface area contributed by atoms with Gasteiger partial charge in [0.2, 0.25) is 5.91 Å². The molecule has 2 rings (SSSR count). The van der Waals surface area contributed by atoms with Crippen molar-refractivity contribution in [3.05, 3.63) is 45.4 Å². The molecule has 1 amide bonds. The minimum absolute atomic E-state index is 0.0853. The number of nitrogens with two attached hydrogens (primary N) is 1. The van der Waals surface area contributed by atoms with Crippen molar-refractivity contribution in [2.75, 3.05) is 5.32 Å². The summed E-state index contributed by atoms with van der Waals surface area (Å²) in [6, 6.07) is 5.43. The van der Waals surface area contributed by atoms with E-state index in [2.05, 4.69) is 31.1 Å². The molecule has 1 aromatic carbocycles. The standard InChI is InChI=1S/C16H21N3OS/c1-10-7-11(14(17)20)5-6-13(10)18-8-12-9-19-15(21-12)16(2,3)4/h5-7,9,18H,8H2,1-4H3,(H2,17,20). The minimum Gasteiger partial charge on any atom is -0.380 e. The highest BCUT2D eigenvalue weighted by Gasteiger charge is 2.17. The fraction of sp³-hybridized carbons (Fsp3) is 0.375. The Bertz CT molecular complexity index is 656. The second-order valence-electron chi connectivity index (χ2n) is 6.13. The maximum atomic E-state index is 11.1. The van der Waals surface area contributed by atoms with E-state index < -0.39 is 5.91 Å². The molecule has 0 saturated heterocycles. The summed E-state index contributed by atoms with van der Waals surface area (Å²) < 4.78 is 0. The molecule has 2 aromatic rings. The first-order chi connectivity index (χ1) is 9.77. The third-order valence-electron chi connectivity index (χ3n) is 3.16. The molecule has 21 heavy (non-hydrogen) atoms. The minimum atomic E-state index is -0.401. The lowest BCUT2D eigenvalue weighted by atomic mass is 9.98. The van der Waals surface area contributed by atoms with Crippen molar-refractivity contribution in [2.45, 2.75) is 39.7 Å². The first kappa shape index (κ1) is 15.5. The van der Waals surface area contributed by atoms with E-state index in [0.717, 1.165) is 22.8 Å². The summed E-state index contributed by atoms with van der Waals surface area (Å²) in [7, 11) is 0. The van der Waals surface area contributed by atoms with Gasteiger partial charge in [-0.05, 0) is 30.7 Å². The molecule has 4 nitrogen and oxygen atoms in total. The second kappa shape index (κ2) is 5.85. The van der Waals surface area contributed by atoms with E-state index in [4.69, 9.17) is 5.73 Å². The van der Waals surface area contributed by atoms with Crippen molar-refractivity contribution >= 4 is 22.9 Å². The highest BCUT2D eigenvalue weighted by molar-refractivity contribution is 7.11. The van der Waals surface area contributed by atoms with Gasteiger partial charge >= 0.3 is 0 Å². The molecule has 0 unspecified atom stereocenters. The van der Waals surface area contributed by atoms with Gasteiger partial charge in [-0.3, -0.25) is 4.79 Å². The third kappa shape index (κ3) is 3.82. The molecule has 0 fully saturated rings. The van der Waals surface area contributed by atoms with Crippen LogP contribution in [0.25, 0.3) is 0 Å². The predicted molar refractivity (Wildman–Crippen MR) is 87.8 cm³/mol. The Kier molecular flexibility index (Phi) is 4.32. The van der Waals surface area contributed by atoms with Gasteiger partial charge in [0.15, 0.2) is 0 Å². The molecule has 0 bridgehead atoms. The van der Waals surface area contributed by atoms with E-state index in [9.17, 15) is 4.79 Å². The Balaban J connectivity index is 2.06. The number of amides is 1. The summed E-state index contributed by atoms with van der Waals surface area (Å²) >= 11 is 1.73. The Morgan fingerprint density at radius 1 is 1.38 bits per heavy atom. The van der Waals surface area contributed by atoms with Crippen LogP contribution in [0.2, 0.25) is 0 Å². The van der Waals surface area contributed by atoms with Crippen LogP contribution in [0.15, 0.2) is 24.4 Å². The number of benzene rings is 1. The Hall–Kier alpha value is -1.88. The highest BCUT2D eigenvalue weighted by Crippen LogP contribution is 2.27. The van der Waals surface area contributed by atoms with Crippen molar-refractivity contribution in [3.8, 4) is 0 Å². The molecule has 0 aliphatic rings. The average Bonchev–Trinajstić information content (AvgIpc) is 2.85. The van der Waals surface area contributed by atoms with Crippen LogP contribution in [0, 0.1) is 6.92 Å². The van der Waals surface area contributed by atoms with Crippen LogP contribution in [0.3, 0.4) is 0 Å². The van der Waals surface area contributed by atoms with Crippen LogP contribution in [-0.2, 0) is 12.0 Å². The van der Waals surface area contributed by atoms with E-state index in [0.29, 0.717) is 5.56 Å². The summed E-state index contributed by atoms with van der Waals surface area (Å²) in [6.07, 6.45) is 1.92. The molecular weight excluding hydrogens is 282 g/mol. The number of rotatable bonds is 4. The molecule has 0 radical (unpaired) electrons. The number of nitrogens with one attached hydrogen (secondary N) is 1. The Labute approximate surface area is 129 Å². The van der Waals surface area contributed by atoms with E-state index >= 15 is 0 Å². The number of thiazole rings is 1. The normalized spacial score (nSPS) is 11.4. The van der Waals surface area contributed by atoms with E-state index in [1.54, 1.807) is 23.5 Å². The molecule has 0 spiro atoms. The largest absolute Gasteiger partial charge is 0.380 e. The van der Waals surface area contributed by atoms with Crippen LogP contribution in [0.5, 0.6) is 0 Å². The van der Waals surface area contributed by atoms with Gasteiger partial charge in [-0.15, -0.1) is 11.3 Å². The number of anilines is 1. The molecule has 0 aliphatic carbocycles. The lowest BCUT2D eigenvalue weighted by Gasteiger charge is -2.13. The number of nitrogens with zero attached hydrogens (tertiary/aromatic N) is 1. The van der Waals surface area contributed by atoms with Crippen LogP contribution in [-0.4, -0.2) is 10.9 Å². The van der Waals surface area contributed by atoms with Gasteiger partial charge in [-0.1, -0.05) is 20.8 Å². The number of hydrogen-bond donors (Lipinski definition) is 2. The molecule has 0 atom stereocenters. The summed E-state index contributed by atoms with van der Waals surface area (Å²) in [4.78, 5) is 16.8. The zero-order valence-electron chi connectivity index (χ0n) is 12.9. The second-order valence-corrected chi connectivity index (χ2v) is 7.24. The van der Waals surface area contributed by atoms with E-state index in [-0.39, 0.29) is 5.41 Å². The summed E-state index contributed by atoms with van der Waals surface area (Å²) in [5.74, 6) is -0.401. The molecule has 1 aromatic heterocycles. The molecular formula is C16H21N3OS. The summed E-state index contributed by atoms with van der Waals surface area (Å²) in [5.41, 5.74) is 7.91. The van der Waals surface area contributed by atoms with Crippen LogP contribution >= 0.6 is 11.3 Å². The monoisotopic (exact) mass is 303 g/mol. The molecule has 5 heteroatoms. The van der Waals surface area contributed by atoms with Gasteiger partial charge in [0.1, 0.15) is 0 Å². The van der Waals surface area contributed by atoms with Crippen molar-refractivity contribution < 1.29 is 4.79 Å². The Morgan fingerprint density at radius 3 is 2.62 bits per heavy atom. The van der Waals surface area contributed by atoms with Crippen LogP contribution < -0.4 is 11.1 Å². The molecule has 112 valence electrons. The fourth-order valence-electron chi connectivity index (χ4n) is 1.93.